The van der Waals surface area contributed by atoms with Crippen molar-refractivity contribution in [2.45, 2.75) is 63.1 Å². The predicted octanol–water partition coefficient (Wildman–Crippen LogP) is 5.90. The lowest BCUT2D eigenvalue weighted by atomic mass is 9.73. The third-order valence-electron chi connectivity index (χ3n) is 13.0. The molecule has 57 heavy (non-hydrogen) atoms. The third-order valence-corrected chi connectivity index (χ3v) is 13.0. The van der Waals surface area contributed by atoms with Crippen molar-refractivity contribution in [1.82, 2.24) is 15.1 Å². The zero-order chi connectivity index (χ0) is 39.2. The maximum absolute atomic E-state index is 13.2. The van der Waals surface area contributed by atoms with Gasteiger partial charge in [-0.15, -0.1) is 0 Å². The van der Waals surface area contributed by atoms with Crippen molar-refractivity contribution in [3.8, 4) is 17.2 Å². The Balaban J connectivity index is 0.796. The van der Waals surface area contributed by atoms with Crippen molar-refractivity contribution in [2.24, 2.45) is 5.92 Å². The van der Waals surface area contributed by atoms with Crippen LogP contribution in [0.1, 0.15) is 77.1 Å². The van der Waals surface area contributed by atoms with Gasteiger partial charge in [0.05, 0.1) is 7.11 Å². The first kappa shape index (κ1) is 37.1. The third kappa shape index (κ3) is 7.29. The highest BCUT2D eigenvalue weighted by molar-refractivity contribution is 6.05. The summed E-state index contributed by atoms with van der Waals surface area (Å²) in [5, 5.41) is 12.7. The smallest absolute Gasteiger partial charge is 0.255 e. The molecule has 4 aromatic rings. The van der Waals surface area contributed by atoms with Crippen LogP contribution in [-0.4, -0.2) is 97.7 Å². The van der Waals surface area contributed by atoms with Gasteiger partial charge in [-0.05, 0) is 97.3 Å². The molecule has 5 heterocycles. The molecule has 3 fully saturated rings. The molecule has 0 aliphatic carbocycles. The number of nitrogens with one attached hydrogen (secondary N) is 1. The number of piperidine rings is 2. The van der Waals surface area contributed by atoms with E-state index in [1.165, 1.54) is 16.8 Å². The van der Waals surface area contributed by atoms with E-state index in [1.807, 2.05) is 30.3 Å². The van der Waals surface area contributed by atoms with Gasteiger partial charge in [0.2, 0.25) is 11.8 Å². The first-order valence-electron chi connectivity index (χ1n) is 20.5. The molecule has 11 nitrogen and oxygen atoms in total. The van der Waals surface area contributed by atoms with E-state index < -0.39 is 6.04 Å². The van der Waals surface area contributed by atoms with Crippen molar-refractivity contribution in [1.29, 1.82) is 0 Å². The minimum Gasteiger partial charge on any atom is -0.508 e. The number of piperazine rings is 1. The quantitative estimate of drug-likeness (QED) is 0.212. The number of phenolic OH excluding ortho intramolecular Hbond substituents is 1. The molecule has 0 spiro atoms. The number of fused-ring (bicyclic) bond motifs is 2. The number of imide groups is 1. The van der Waals surface area contributed by atoms with E-state index in [4.69, 9.17) is 9.47 Å². The highest BCUT2D eigenvalue weighted by Crippen LogP contribution is 2.50. The van der Waals surface area contributed by atoms with Crippen molar-refractivity contribution in [2.75, 3.05) is 62.7 Å². The minimum absolute atomic E-state index is 0.0546. The number of methoxy groups -OCH3 is 1. The number of nitrogens with zero attached hydrogens (tertiary/aromatic N) is 4. The number of rotatable bonds is 8. The topological polar surface area (TPSA) is 115 Å². The molecular weight excluding hydrogens is 719 g/mol. The van der Waals surface area contributed by atoms with Gasteiger partial charge in [-0.25, -0.2) is 0 Å². The lowest BCUT2D eigenvalue weighted by molar-refractivity contribution is -0.136. The van der Waals surface area contributed by atoms with E-state index in [0.717, 1.165) is 87.0 Å². The van der Waals surface area contributed by atoms with Crippen LogP contribution in [0.25, 0.3) is 0 Å². The summed E-state index contributed by atoms with van der Waals surface area (Å²) in [4.78, 5) is 46.4. The van der Waals surface area contributed by atoms with Gasteiger partial charge in [-0.2, -0.15) is 0 Å². The van der Waals surface area contributed by atoms with E-state index in [9.17, 15) is 19.5 Å². The molecule has 4 atom stereocenters. The molecule has 296 valence electrons. The molecule has 3 amide bonds. The Kier molecular flexibility index (Phi) is 10.0. The standard InChI is InChI=1S/C46H51N5O6/c1-29-43(32-4-3-5-37(25-32)56-2)44(39-13-11-36(52)26-41(39)57-29)31-6-8-34(9-7-31)49-18-16-30(17-19-49)27-48-20-22-50(23-21-48)35-10-12-38-33(24-35)28-51(46(38)55)40-14-15-42(53)47-45(40)54/h3-13,24-26,29-30,40,43-44,52H,14-23,27-28H2,1-2H3,(H,47,53,54)/t29-,40+,43-,44-/m1/s1. The number of carbonyl (C=O) groups excluding carboxylic acids is 3. The summed E-state index contributed by atoms with van der Waals surface area (Å²) in [7, 11) is 1.70. The lowest BCUT2D eigenvalue weighted by Gasteiger charge is -2.40. The number of hydrogen-bond donors (Lipinski definition) is 2. The molecule has 0 unspecified atom stereocenters. The second kappa shape index (κ2) is 15.4. The van der Waals surface area contributed by atoms with Crippen molar-refractivity contribution in [3.63, 3.8) is 0 Å². The molecule has 0 bridgehead atoms. The Labute approximate surface area is 334 Å². The van der Waals surface area contributed by atoms with E-state index in [0.29, 0.717) is 24.4 Å². The molecule has 11 heteroatoms. The van der Waals surface area contributed by atoms with Gasteiger partial charge in [0.25, 0.3) is 5.91 Å². The summed E-state index contributed by atoms with van der Waals surface area (Å²) in [6, 6.07) is 28.4. The molecule has 5 aliphatic heterocycles. The number of carbonyl (C=O) groups is 3. The summed E-state index contributed by atoms with van der Waals surface area (Å²) in [5.74, 6) is 1.78. The fourth-order valence-corrected chi connectivity index (χ4v) is 9.90. The molecule has 5 aliphatic rings. The molecule has 2 N–H and O–H groups in total. The van der Waals surface area contributed by atoms with Gasteiger partial charge in [0.1, 0.15) is 29.4 Å². The van der Waals surface area contributed by atoms with Gasteiger partial charge < -0.3 is 29.3 Å². The summed E-state index contributed by atoms with van der Waals surface area (Å²) in [6.07, 6.45) is 2.85. The van der Waals surface area contributed by atoms with Crippen molar-refractivity contribution in [3.05, 3.63) is 113 Å². The Hall–Kier alpha value is -5.55. The number of hydrogen-bond acceptors (Lipinski definition) is 9. The first-order chi connectivity index (χ1) is 27.7. The van der Waals surface area contributed by atoms with Crippen LogP contribution in [0.3, 0.4) is 0 Å². The normalized spacial score (nSPS) is 24.2. The van der Waals surface area contributed by atoms with E-state index in [1.54, 1.807) is 24.1 Å². The molecular formula is C46H51N5O6. The number of benzene rings is 4. The van der Waals surface area contributed by atoms with Crippen LogP contribution in [0.2, 0.25) is 0 Å². The molecule has 0 aromatic heterocycles. The largest absolute Gasteiger partial charge is 0.508 e. The Morgan fingerprint density at radius 2 is 1.56 bits per heavy atom. The summed E-state index contributed by atoms with van der Waals surface area (Å²) < 4.78 is 12.0. The fraction of sp³-hybridized carbons (Fsp3) is 0.413. The van der Waals surface area contributed by atoms with Crippen LogP contribution in [-0.2, 0) is 16.1 Å². The first-order valence-corrected chi connectivity index (χ1v) is 20.5. The SMILES string of the molecule is COc1cccc([C@@H]2[C@H](c3ccc(N4CCC(CN5CCN(c6ccc7c(c6)CN([C@H]6CCC(=O)NC6=O)C7=O)CC5)CC4)cc3)c3ccc(O)cc3O[C@@H]2C)c1. The summed E-state index contributed by atoms with van der Waals surface area (Å²) in [5.41, 5.74) is 7.46. The maximum Gasteiger partial charge on any atom is 0.255 e. The van der Waals surface area contributed by atoms with Crippen LogP contribution < -0.4 is 24.6 Å². The number of amides is 3. The number of ether oxygens (including phenoxy) is 2. The van der Waals surface area contributed by atoms with Gasteiger partial charge >= 0.3 is 0 Å². The van der Waals surface area contributed by atoms with Crippen molar-refractivity contribution < 1.29 is 29.0 Å². The van der Waals surface area contributed by atoms with Crippen LogP contribution >= 0.6 is 0 Å². The predicted molar refractivity (Wildman–Crippen MR) is 218 cm³/mol. The molecule has 9 rings (SSSR count). The number of anilines is 2. The zero-order valence-corrected chi connectivity index (χ0v) is 32.7. The van der Waals surface area contributed by atoms with Gasteiger partial charge in [0, 0.05) is 99.2 Å². The second-order valence-electron chi connectivity index (χ2n) is 16.4. The monoisotopic (exact) mass is 769 g/mol. The van der Waals surface area contributed by atoms with Crippen LogP contribution in [0.15, 0.2) is 84.9 Å². The zero-order valence-electron chi connectivity index (χ0n) is 32.7. The second-order valence-corrected chi connectivity index (χ2v) is 16.4. The van der Waals surface area contributed by atoms with E-state index in [2.05, 4.69) is 69.4 Å². The Morgan fingerprint density at radius 3 is 2.32 bits per heavy atom. The fourth-order valence-electron chi connectivity index (χ4n) is 9.90. The summed E-state index contributed by atoms with van der Waals surface area (Å²) >= 11 is 0. The number of phenols is 1. The number of aromatic hydroxyl groups is 1. The average Bonchev–Trinajstić information content (AvgIpc) is 3.55. The summed E-state index contributed by atoms with van der Waals surface area (Å²) in [6.45, 7) is 9.58. The maximum atomic E-state index is 13.2. The highest BCUT2D eigenvalue weighted by atomic mass is 16.5. The average molecular weight is 770 g/mol. The highest BCUT2D eigenvalue weighted by Gasteiger charge is 2.40. The van der Waals surface area contributed by atoms with Crippen LogP contribution in [0, 0.1) is 5.92 Å². The van der Waals surface area contributed by atoms with Gasteiger partial charge in [-0.1, -0.05) is 30.3 Å². The molecule has 3 saturated heterocycles. The van der Waals surface area contributed by atoms with E-state index in [-0.39, 0.29) is 47.8 Å². The van der Waals surface area contributed by atoms with Gasteiger partial charge in [0.15, 0.2) is 0 Å². The Morgan fingerprint density at radius 1 is 0.807 bits per heavy atom. The van der Waals surface area contributed by atoms with Crippen molar-refractivity contribution >= 4 is 29.1 Å². The lowest BCUT2D eigenvalue weighted by Crippen LogP contribution is -2.52. The van der Waals surface area contributed by atoms with E-state index >= 15 is 0 Å². The van der Waals surface area contributed by atoms with Crippen LogP contribution in [0.4, 0.5) is 11.4 Å². The molecule has 0 radical (unpaired) electrons. The molecule has 0 saturated carbocycles. The van der Waals surface area contributed by atoms with Crippen LogP contribution in [0.5, 0.6) is 17.2 Å². The van der Waals surface area contributed by atoms with Gasteiger partial charge in [-0.3, -0.25) is 24.6 Å². The minimum atomic E-state index is -0.594. The molecule has 4 aromatic carbocycles. The Bertz CT molecular complexity index is 2160.